The lowest BCUT2D eigenvalue weighted by Crippen LogP contribution is -2.25. The topological polar surface area (TPSA) is 67.2 Å². The number of carboxylic acid groups (broad SMARTS) is 1. The van der Waals surface area contributed by atoms with E-state index in [9.17, 15) is 4.79 Å². The quantitative estimate of drug-likeness (QED) is 0.778. The van der Waals surface area contributed by atoms with Crippen LogP contribution in [-0.4, -0.2) is 27.5 Å². The summed E-state index contributed by atoms with van der Waals surface area (Å²) in [7, 11) is 0. The van der Waals surface area contributed by atoms with Crippen LogP contribution in [0.3, 0.4) is 0 Å². The molecule has 2 aromatic heterocycles. The summed E-state index contributed by atoms with van der Waals surface area (Å²) in [4.78, 5) is 10.5. The highest BCUT2D eigenvalue weighted by molar-refractivity contribution is 7.26. The van der Waals surface area contributed by atoms with E-state index < -0.39 is 6.09 Å². The third-order valence-electron chi connectivity index (χ3n) is 3.18. The fourth-order valence-corrected chi connectivity index (χ4v) is 3.65. The SMILES string of the molecule is Cc1c2sc3c(Cl)cccc3c2nn1CCNC(=O)O. The summed E-state index contributed by atoms with van der Waals surface area (Å²) >= 11 is 7.82. The second-order valence-corrected chi connectivity index (χ2v) is 5.86. The largest absolute Gasteiger partial charge is 0.465 e. The Bertz CT molecular complexity index is 809. The van der Waals surface area contributed by atoms with E-state index in [0.29, 0.717) is 13.1 Å². The van der Waals surface area contributed by atoms with Gasteiger partial charge in [0.15, 0.2) is 0 Å². The Morgan fingerprint density at radius 1 is 1.50 bits per heavy atom. The van der Waals surface area contributed by atoms with Gasteiger partial charge in [-0.1, -0.05) is 23.7 Å². The van der Waals surface area contributed by atoms with Gasteiger partial charge in [-0.2, -0.15) is 5.10 Å². The highest BCUT2D eigenvalue weighted by Gasteiger charge is 2.15. The van der Waals surface area contributed by atoms with Gasteiger partial charge in [0.1, 0.15) is 5.52 Å². The number of aromatic nitrogens is 2. The molecule has 1 aromatic carbocycles. The minimum absolute atomic E-state index is 0.337. The van der Waals surface area contributed by atoms with Crippen LogP contribution >= 0.6 is 22.9 Å². The molecule has 104 valence electrons. The monoisotopic (exact) mass is 309 g/mol. The average molecular weight is 310 g/mol. The van der Waals surface area contributed by atoms with Gasteiger partial charge in [0.05, 0.1) is 26.7 Å². The number of hydrogen-bond acceptors (Lipinski definition) is 3. The lowest BCUT2D eigenvalue weighted by atomic mass is 10.2. The summed E-state index contributed by atoms with van der Waals surface area (Å²) in [6.45, 7) is 2.84. The molecule has 2 N–H and O–H groups in total. The highest BCUT2D eigenvalue weighted by atomic mass is 35.5. The van der Waals surface area contributed by atoms with E-state index in [1.54, 1.807) is 11.3 Å². The van der Waals surface area contributed by atoms with Gasteiger partial charge in [0.25, 0.3) is 0 Å². The van der Waals surface area contributed by atoms with Crippen LogP contribution in [0.4, 0.5) is 4.79 Å². The van der Waals surface area contributed by atoms with Crippen LogP contribution in [0.25, 0.3) is 20.3 Å². The van der Waals surface area contributed by atoms with Gasteiger partial charge in [-0.15, -0.1) is 11.3 Å². The van der Waals surface area contributed by atoms with Crippen molar-refractivity contribution in [1.29, 1.82) is 0 Å². The Labute approximate surface area is 123 Å². The first-order valence-corrected chi connectivity index (χ1v) is 7.28. The molecule has 2 heterocycles. The Morgan fingerprint density at radius 2 is 2.30 bits per heavy atom. The number of nitrogens with zero attached hydrogens (tertiary/aromatic N) is 2. The molecule has 7 heteroatoms. The molecule has 1 amide bonds. The molecule has 0 aliphatic rings. The van der Waals surface area contributed by atoms with Crippen LogP contribution in [0.2, 0.25) is 5.02 Å². The number of amides is 1. The van der Waals surface area contributed by atoms with Gasteiger partial charge in [0.2, 0.25) is 0 Å². The molecule has 0 bridgehead atoms. The molecule has 0 unspecified atom stereocenters. The highest BCUT2D eigenvalue weighted by Crippen LogP contribution is 2.38. The molecule has 5 nitrogen and oxygen atoms in total. The number of rotatable bonds is 3. The maximum absolute atomic E-state index is 10.5. The zero-order valence-corrected chi connectivity index (χ0v) is 12.3. The van der Waals surface area contributed by atoms with Crippen molar-refractivity contribution in [2.45, 2.75) is 13.5 Å². The number of carbonyl (C=O) groups is 1. The Morgan fingerprint density at radius 3 is 3.05 bits per heavy atom. The Kier molecular flexibility index (Phi) is 3.27. The third kappa shape index (κ3) is 2.10. The summed E-state index contributed by atoms with van der Waals surface area (Å²) < 4.78 is 3.98. The molecule has 0 atom stereocenters. The Balaban J connectivity index is 2.02. The van der Waals surface area contributed by atoms with Gasteiger partial charge in [-0.25, -0.2) is 4.79 Å². The number of aryl methyl sites for hydroxylation is 1. The van der Waals surface area contributed by atoms with Crippen molar-refractivity contribution in [3.05, 3.63) is 28.9 Å². The first kappa shape index (κ1) is 13.2. The summed E-state index contributed by atoms with van der Waals surface area (Å²) in [5.41, 5.74) is 1.96. The number of thiophene rings is 1. The van der Waals surface area contributed by atoms with E-state index in [-0.39, 0.29) is 0 Å². The maximum Gasteiger partial charge on any atom is 0.404 e. The summed E-state index contributed by atoms with van der Waals surface area (Å²) in [6.07, 6.45) is -1.02. The fourth-order valence-electron chi connectivity index (χ4n) is 2.22. The zero-order chi connectivity index (χ0) is 14.3. The van der Waals surface area contributed by atoms with Crippen molar-refractivity contribution in [3.63, 3.8) is 0 Å². The van der Waals surface area contributed by atoms with E-state index >= 15 is 0 Å². The molecular weight excluding hydrogens is 298 g/mol. The van der Waals surface area contributed by atoms with Crippen LogP contribution in [0.15, 0.2) is 18.2 Å². The van der Waals surface area contributed by atoms with Crippen LogP contribution < -0.4 is 5.32 Å². The molecule has 0 spiro atoms. The molecule has 3 rings (SSSR count). The van der Waals surface area contributed by atoms with E-state index in [2.05, 4.69) is 10.4 Å². The molecule has 3 aromatic rings. The second kappa shape index (κ2) is 4.96. The van der Waals surface area contributed by atoms with Gasteiger partial charge in [-0.3, -0.25) is 4.68 Å². The van der Waals surface area contributed by atoms with Gasteiger partial charge < -0.3 is 10.4 Å². The van der Waals surface area contributed by atoms with Gasteiger partial charge in [-0.05, 0) is 13.0 Å². The minimum atomic E-state index is -1.02. The molecule has 0 aliphatic carbocycles. The fraction of sp³-hybridized carbons (Fsp3) is 0.231. The summed E-state index contributed by atoms with van der Waals surface area (Å²) in [5, 5.41) is 17.3. The van der Waals surface area contributed by atoms with Crippen molar-refractivity contribution in [2.75, 3.05) is 6.54 Å². The molecule has 0 radical (unpaired) electrons. The molecule has 0 saturated heterocycles. The number of hydrogen-bond donors (Lipinski definition) is 2. The number of halogens is 1. The third-order valence-corrected chi connectivity index (χ3v) is 4.94. The molecular formula is C13H12ClN3O2S. The second-order valence-electron chi connectivity index (χ2n) is 4.44. The molecule has 0 fully saturated rings. The lowest BCUT2D eigenvalue weighted by molar-refractivity contribution is 0.194. The lowest BCUT2D eigenvalue weighted by Gasteiger charge is -2.04. The minimum Gasteiger partial charge on any atom is -0.465 e. The average Bonchev–Trinajstić information content (AvgIpc) is 2.90. The van der Waals surface area contributed by atoms with E-state index in [1.807, 2.05) is 29.8 Å². The Hall–Kier alpha value is -1.79. The molecule has 0 aliphatic heterocycles. The maximum atomic E-state index is 10.5. The number of fused-ring (bicyclic) bond motifs is 3. The predicted octanol–water partition coefficient (Wildman–Crippen LogP) is 3.48. The summed E-state index contributed by atoms with van der Waals surface area (Å²) in [6, 6.07) is 5.79. The predicted molar refractivity (Wildman–Crippen MR) is 80.9 cm³/mol. The van der Waals surface area contributed by atoms with Crippen LogP contribution in [0.1, 0.15) is 5.69 Å². The summed E-state index contributed by atoms with van der Waals surface area (Å²) in [5.74, 6) is 0. The normalized spacial score (nSPS) is 11.3. The smallest absolute Gasteiger partial charge is 0.404 e. The van der Waals surface area contributed by atoms with E-state index in [4.69, 9.17) is 16.7 Å². The van der Waals surface area contributed by atoms with Crippen molar-refractivity contribution in [2.24, 2.45) is 0 Å². The van der Waals surface area contributed by atoms with Gasteiger partial charge in [0, 0.05) is 11.9 Å². The zero-order valence-electron chi connectivity index (χ0n) is 10.7. The van der Waals surface area contributed by atoms with Crippen LogP contribution in [-0.2, 0) is 6.54 Å². The van der Waals surface area contributed by atoms with Gasteiger partial charge >= 0.3 is 6.09 Å². The van der Waals surface area contributed by atoms with E-state index in [1.165, 1.54) is 0 Å². The van der Waals surface area contributed by atoms with Crippen molar-refractivity contribution in [3.8, 4) is 0 Å². The first-order valence-electron chi connectivity index (χ1n) is 6.09. The van der Waals surface area contributed by atoms with Crippen molar-refractivity contribution >= 4 is 49.3 Å². The van der Waals surface area contributed by atoms with Crippen molar-refractivity contribution < 1.29 is 9.90 Å². The number of nitrogens with one attached hydrogen (secondary N) is 1. The van der Waals surface area contributed by atoms with Crippen LogP contribution in [0, 0.1) is 6.92 Å². The molecule has 20 heavy (non-hydrogen) atoms. The van der Waals surface area contributed by atoms with Crippen molar-refractivity contribution in [1.82, 2.24) is 15.1 Å². The van der Waals surface area contributed by atoms with Crippen LogP contribution in [0.5, 0.6) is 0 Å². The van der Waals surface area contributed by atoms with E-state index in [0.717, 1.165) is 31.0 Å². The number of benzene rings is 1. The molecule has 0 saturated carbocycles. The standard InChI is InChI=1S/C13H12ClN3O2S/c1-7-11-10(16-17(7)6-5-15-13(18)19)8-3-2-4-9(14)12(8)20-11/h2-4,15H,5-6H2,1H3,(H,18,19). The first-order chi connectivity index (χ1) is 9.58.